The summed E-state index contributed by atoms with van der Waals surface area (Å²) >= 11 is 0. The maximum atomic E-state index is 13.7. The Kier molecular flexibility index (Phi) is 7.45. The van der Waals surface area contributed by atoms with Crippen LogP contribution in [-0.2, 0) is 11.3 Å². The Morgan fingerprint density at radius 1 is 1.03 bits per heavy atom. The monoisotopic (exact) mass is 446 g/mol. The summed E-state index contributed by atoms with van der Waals surface area (Å²) in [6.07, 6.45) is 6.80. The fourth-order valence-electron chi connectivity index (χ4n) is 4.41. The van der Waals surface area contributed by atoms with Gasteiger partial charge in [0.25, 0.3) is 5.91 Å². The van der Waals surface area contributed by atoms with E-state index in [-0.39, 0.29) is 30.2 Å². The summed E-state index contributed by atoms with van der Waals surface area (Å²) in [7, 11) is 1.59. The lowest BCUT2D eigenvalue weighted by Gasteiger charge is -2.33. The molecular weight excluding hydrogens is 416 g/mol. The first kappa shape index (κ1) is 22.6. The van der Waals surface area contributed by atoms with Crippen LogP contribution in [0.4, 0.5) is 0 Å². The number of hydrogen-bond donors (Lipinski definition) is 1. The molecule has 2 aromatic carbocycles. The van der Waals surface area contributed by atoms with Crippen LogP contribution < -0.4 is 10.1 Å². The van der Waals surface area contributed by atoms with Gasteiger partial charge in [0.1, 0.15) is 11.8 Å². The van der Waals surface area contributed by atoms with E-state index >= 15 is 0 Å². The van der Waals surface area contributed by atoms with Crippen molar-refractivity contribution in [3.63, 3.8) is 0 Å². The lowest BCUT2D eigenvalue weighted by molar-refractivity contribution is -0.127. The molecule has 1 N–H and O–H groups in total. The highest BCUT2D eigenvalue weighted by molar-refractivity contribution is 5.96. The number of methoxy groups -OCH3 is 1. The molecule has 1 heterocycles. The maximum Gasteiger partial charge on any atom is 0.290 e. The first-order valence-electron chi connectivity index (χ1n) is 11.5. The fourth-order valence-corrected chi connectivity index (χ4v) is 4.41. The van der Waals surface area contributed by atoms with Crippen molar-refractivity contribution in [2.45, 2.75) is 50.7 Å². The summed E-state index contributed by atoms with van der Waals surface area (Å²) in [5, 5.41) is 3.22. The van der Waals surface area contributed by atoms with Gasteiger partial charge < -0.3 is 19.4 Å². The number of hydrogen-bond acceptors (Lipinski definition) is 4. The number of nitrogens with one attached hydrogen (secondary N) is 1. The van der Waals surface area contributed by atoms with Gasteiger partial charge in [-0.15, -0.1) is 0 Å². The third-order valence-corrected chi connectivity index (χ3v) is 6.11. The Balaban J connectivity index is 1.73. The molecular formula is C27H30N2O4. The Morgan fingerprint density at radius 2 is 1.82 bits per heavy atom. The molecule has 2 amide bonds. The lowest BCUT2D eigenvalue weighted by atomic mass is 9.94. The van der Waals surface area contributed by atoms with E-state index < -0.39 is 6.04 Å². The molecule has 0 bridgehead atoms. The van der Waals surface area contributed by atoms with Crippen LogP contribution in [0.2, 0.25) is 0 Å². The van der Waals surface area contributed by atoms with Gasteiger partial charge in [-0.2, -0.15) is 0 Å². The number of amides is 2. The first-order valence-corrected chi connectivity index (χ1v) is 11.5. The smallest absolute Gasteiger partial charge is 0.290 e. The average Bonchev–Trinajstić information content (AvgIpc) is 3.40. The molecule has 33 heavy (non-hydrogen) atoms. The van der Waals surface area contributed by atoms with Crippen molar-refractivity contribution in [1.82, 2.24) is 10.2 Å². The second-order valence-electron chi connectivity index (χ2n) is 8.42. The van der Waals surface area contributed by atoms with Crippen LogP contribution >= 0.6 is 0 Å². The van der Waals surface area contributed by atoms with Crippen LogP contribution in [0.1, 0.15) is 59.8 Å². The lowest BCUT2D eigenvalue weighted by Crippen LogP contribution is -2.46. The highest BCUT2D eigenvalue weighted by Crippen LogP contribution is 2.29. The van der Waals surface area contributed by atoms with E-state index in [9.17, 15) is 9.59 Å². The molecule has 4 rings (SSSR count). The van der Waals surface area contributed by atoms with Crippen molar-refractivity contribution in [2.75, 3.05) is 7.11 Å². The quantitative estimate of drug-likeness (QED) is 0.521. The molecule has 6 heteroatoms. The number of furan rings is 1. The van der Waals surface area contributed by atoms with Crippen molar-refractivity contribution in [1.29, 1.82) is 0 Å². The highest BCUT2D eigenvalue weighted by Gasteiger charge is 2.34. The summed E-state index contributed by atoms with van der Waals surface area (Å²) < 4.78 is 10.8. The standard InChI is InChI=1S/C27H30N2O4/c1-32-23-15-8-12-21(18-23)25(26(30)28-22-13-6-3-7-14-22)29(19-20-10-4-2-5-11-20)27(31)24-16-9-17-33-24/h2,4-5,8-12,15-18,22,25H,3,6-7,13-14,19H2,1H3,(H,28,30)/t25-/m0/s1. The van der Waals surface area contributed by atoms with Gasteiger partial charge in [-0.25, -0.2) is 0 Å². The van der Waals surface area contributed by atoms with Crippen molar-refractivity contribution >= 4 is 11.8 Å². The molecule has 0 spiro atoms. The van der Waals surface area contributed by atoms with E-state index in [1.807, 2.05) is 54.6 Å². The van der Waals surface area contributed by atoms with Crippen molar-refractivity contribution in [2.24, 2.45) is 0 Å². The maximum absolute atomic E-state index is 13.7. The Labute approximate surface area is 194 Å². The molecule has 1 atom stereocenters. The third-order valence-electron chi connectivity index (χ3n) is 6.11. The van der Waals surface area contributed by atoms with E-state index in [2.05, 4.69) is 5.32 Å². The first-order chi connectivity index (χ1) is 16.2. The van der Waals surface area contributed by atoms with Gasteiger partial charge in [0.15, 0.2) is 5.76 Å². The topological polar surface area (TPSA) is 71.8 Å². The second kappa shape index (κ2) is 10.9. The minimum absolute atomic E-state index is 0.122. The number of nitrogens with zero attached hydrogens (tertiary/aromatic N) is 1. The van der Waals surface area contributed by atoms with Gasteiger partial charge in [-0.3, -0.25) is 9.59 Å². The summed E-state index contributed by atoms with van der Waals surface area (Å²) in [6.45, 7) is 0.264. The molecule has 1 aliphatic carbocycles. The summed E-state index contributed by atoms with van der Waals surface area (Å²) in [5.74, 6) is 0.304. The number of ether oxygens (including phenoxy) is 1. The van der Waals surface area contributed by atoms with Crippen LogP contribution in [0.15, 0.2) is 77.4 Å². The van der Waals surface area contributed by atoms with Crippen molar-refractivity contribution in [3.8, 4) is 5.75 Å². The van der Waals surface area contributed by atoms with E-state index in [0.717, 1.165) is 31.2 Å². The van der Waals surface area contributed by atoms with Gasteiger partial charge in [-0.1, -0.05) is 61.7 Å². The zero-order valence-electron chi connectivity index (χ0n) is 18.9. The Morgan fingerprint density at radius 3 is 2.52 bits per heavy atom. The summed E-state index contributed by atoms with van der Waals surface area (Å²) in [6, 6.07) is 19.6. The van der Waals surface area contributed by atoms with Crippen LogP contribution in [0.3, 0.4) is 0 Å². The number of benzene rings is 2. The summed E-state index contributed by atoms with van der Waals surface area (Å²) in [4.78, 5) is 28.9. The van der Waals surface area contributed by atoms with Gasteiger partial charge in [-0.05, 0) is 48.2 Å². The predicted octanol–water partition coefficient (Wildman–Crippen LogP) is 5.12. The molecule has 6 nitrogen and oxygen atoms in total. The molecule has 0 saturated heterocycles. The Hall–Kier alpha value is -3.54. The average molecular weight is 447 g/mol. The fraction of sp³-hybridized carbons (Fsp3) is 0.333. The second-order valence-corrected chi connectivity index (χ2v) is 8.42. The van der Waals surface area contributed by atoms with E-state index in [4.69, 9.17) is 9.15 Å². The van der Waals surface area contributed by atoms with E-state index in [1.54, 1.807) is 24.1 Å². The van der Waals surface area contributed by atoms with Crippen molar-refractivity contribution < 1.29 is 18.7 Å². The van der Waals surface area contributed by atoms with Crippen LogP contribution in [0.5, 0.6) is 5.75 Å². The molecule has 1 fully saturated rings. The minimum Gasteiger partial charge on any atom is -0.497 e. The third kappa shape index (κ3) is 5.64. The van der Waals surface area contributed by atoms with Gasteiger partial charge in [0, 0.05) is 12.6 Å². The van der Waals surface area contributed by atoms with Gasteiger partial charge in [0.05, 0.1) is 13.4 Å². The molecule has 1 aliphatic rings. The normalized spacial score (nSPS) is 14.9. The SMILES string of the molecule is COc1cccc([C@@H](C(=O)NC2CCCCC2)N(Cc2ccccc2)C(=O)c2ccco2)c1. The number of carbonyl (C=O) groups is 2. The Bertz CT molecular complexity index is 1040. The largest absolute Gasteiger partial charge is 0.497 e. The highest BCUT2D eigenvalue weighted by atomic mass is 16.5. The predicted molar refractivity (Wildman–Crippen MR) is 126 cm³/mol. The molecule has 1 aromatic heterocycles. The molecule has 0 aliphatic heterocycles. The zero-order chi connectivity index (χ0) is 23.0. The zero-order valence-corrected chi connectivity index (χ0v) is 18.9. The van der Waals surface area contributed by atoms with E-state index in [0.29, 0.717) is 11.3 Å². The number of carbonyl (C=O) groups excluding carboxylic acids is 2. The molecule has 172 valence electrons. The van der Waals surface area contributed by atoms with Crippen LogP contribution in [0.25, 0.3) is 0 Å². The molecule has 1 saturated carbocycles. The van der Waals surface area contributed by atoms with Crippen LogP contribution in [-0.4, -0.2) is 29.9 Å². The van der Waals surface area contributed by atoms with Gasteiger partial charge in [0.2, 0.25) is 5.91 Å². The van der Waals surface area contributed by atoms with Gasteiger partial charge >= 0.3 is 0 Å². The molecule has 0 radical (unpaired) electrons. The summed E-state index contributed by atoms with van der Waals surface area (Å²) in [5.41, 5.74) is 1.62. The number of rotatable bonds is 8. The van der Waals surface area contributed by atoms with E-state index in [1.165, 1.54) is 12.7 Å². The molecule has 3 aromatic rings. The van der Waals surface area contributed by atoms with Crippen molar-refractivity contribution in [3.05, 3.63) is 89.9 Å². The molecule has 0 unspecified atom stereocenters. The van der Waals surface area contributed by atoms with Crippen LogP contribution in [0, 0.1) is 0 Å². The minimum atomic E-state index is -0.833.